The van der Waals surface area contributed by atoms with E-state index in [2.05, 4.69) is 62.7 Å². The maximum atomic E-state index is 5.53. The van der Waals surface area contributed by atoms with Crippen LogP contribution in [0.3, 0.4) is 0 Å². The zero-order valence-electron chi connectivity index (χ0n) is 19.0. The molecule has 4 atom stereocenters. The second-order valence-electron chi connectivity index (χ2n) is 9.47. The van der Waals surface area contributed by atoms with Gasteiger partial charge in [0.2, 0.25) is 0 Å². The quantitative estimate of drug-likeness (QED) is 0.560. The Morgan fingerprint density at radius 1 is 1.16 bits per heavy atom. The summed E-state index contributed by atoms with van der Waals surface area (Å²) < 4.78 is 5.40. The van der Waals surface area contributed by atoms with Gasteiger partial charge in [-0.05, 0) is 56.1 Å². The fraction of sp³-hybridized carbons (Fsp3) is 0.708. The van der Waals surface area contributed by atoms with E-state index in [1.807, 2.05) is 0 Å². The summed E-state index contributed by atoms with van der Waals surface area (Å²) in [6.07, 6.45) is 2.65. The molecule has 2 N–H and O–H groups in total. The third kappa shape index (κ3) is 6.86. The van der Waals surface area contributed by atoms with Crippen molar-refractivity contribution in [2.45, 2.75) is 25.4 Å². The highest BCUT2D eigenvalue weighted by atomic mass is 32.1. The largest absolute Gasteiger partial charge is 0.379 e. The van der Waals surface area contributed by atoms with Gasteiger partial charge in [0.05, 0.1) is 13.2 Å². The first-order chi connectivity index (χ1) is 15.2. The molecule has 5 rings (SSSR count). The molecule has 4 saturated heterocycles. The molecule has 2 bridgehead atoms. The standard InChI is InChI=1S/C24H39N5OS/c1-27(17-20-5-3-2-4-6-20)18-22-19-29-9-7-21(22)15-23(29)16-26-24(31)25-8-10-28-11-13-30-14-12-28/h2-6,21-23H,7-19H2,1H3,(H2,25,26,31)/t21-,22-,23+/m0/s1. The summed E-state index contributed by atoms with van der Waals surface area (Å²) in [5, 5.41) is 7.67. The second kappa shape index (κ2) is 11.6. The predicted molar refractivity (Wildman–Crippen MR) is 130 cm³/mol. The van der Waals surface area contributed by atoms with Gasteiger partial charge in [0, 0.05) is 58.4 Å². The van der Waals surface area contributed by atoms with Crippen LogP contribution in [0.2, 0.25) is 0 Å². The number of thiocarbonyl (C=S) groups is 1. The zero-order valence-corrected chi connectivity index (χ0v) is 19.8. The lowest BCUT2D eigenvalue weighted by molar-refractivity contribution is -0.00851. The van der Waals surface area contributed by atoms with Crippen molar-refractivity contribution >= 4 is 17.3 Å². The van der Waals surface area contributed by atoms with Crippen LogP contribution in [0.25, 0.3) is 0 Å². The van der Waals surface area contributed by atoms with Crippen LogP contribution in [0.1, 0.15) is 18.4 Å². The van der Waals surface area contributed by atoms with Crippen molar-refractivity contribution in [2.75, 3.05) is 72.6 Å². The van der Waals surface area contributed by atoms with E-state index in [4.69, 9.17) is 17.0 Å². The number of hydrogen-bond donors (Lipinski definition) is 2. The SMILES string of the molecule is CN(Cc1ccccc1)C[C@H]1CN2CC[C@H]1C[C@@H]2CNC(=S)NCCN1CCOCC1. The van der Waals surface area contributed by atoms with Crippen LogP contribution in [-0.2, 0) is 11.3 Å². The molecule has 0 saturated carbocycles. The Bertz CT molecular complexity index is 684. The molecule has 31 heavy (non-hydrogen) atoms. The van der Waals surface area contributed by atoms with Gasteiger partial charge in [-0.25, -0.2) is 0 Å². The number of fused-ring (bicyclic) bond motifs is 3. The molecule has 1 unspecified atom stereocenters. The van der Waals surface area contributed by atoms with Gasteiger partial charge in [-0.3, -0.25) is 9.80 Å². The van der Waals surface area contributed by atoms with E-state index in [1.54, 1.807) is 0 Å². The molecule has 7 heteroatoms. The molecule has 0 aliphatic carbocycles. The predicted octanol–water partition coefficient (Wildman–Crippen LogP) is 1.63. The minimum Gasteiger partial charge on any atom is -0.379 e. The van der Waals surface area contributed by atoms with Crippen LogP contribution in [-0.4, -0.2) is 98.5 Å². The van der Waals surface area contributed by atoms with Crippen molar-refractivity contribution in [2.24, 2.45) is 11.8 Å². The van der Waals surface area contributed by atoms with Crippen LogP contribution in [0.4, 0.5) is 0 Å². The normalized spacial score (nSPS) is 28.6. The van der Waals surface area contributed by atoms with Crippen molar-refractivity contribution in [3.63, 3.8) is 0 Å². The first-order valence-corrected chi connectivity index (χ1v) is 12.4. The van der Waals surface area contributed by atoms with Crippen LogP contribution in [0.5, 0.6) is 0 Å². The van der Waals surface area contributed by atoms with Gasteiger partial charge in [-0.15, -0.1) is 0 Å². The Hall–Kier alpha value is -1.25. The van der Waals surface area contributed by atoms with Gasteiger partial charge >= 0.3 is 0 Å². The Morgan fingerprint density at radius 2 is 1.97 bits per heavy atom. The Balaban J connectivity index is 1.14. The maximum absolute atomic E-state index is 5.53. The molecule has 0 amide bonds. The first-order valence-electron chi connectivity index (χ1n) is 12.0. The van der Waals surface area contributed by atoms with E-state index in [0.717, 1.165) is 69.4 Å². The molecule has 0 spiro atoms. The topological polar surface area (TPSA) is 43.0 Å². The minimum atomic E-state index is 0.619. The zero-order chi connectivity index (χ0) is 21.5. The first kappa shape index (κ1) is 22.9. The summed E-state index contributed by atoms with van der Waals surface area (Å²) in [6, 6.07) is 11.4. The number of nitrogens with one attached hydrogen (secondary N) is 2. The van der Waals surface area contributed by atoms with E-state index in [1.165, 1.54) is 38.0 Å². The molecule has 4 heterocycles. The molecule has 4 aliphatic heterocycles. The van der Waals surface area contributed by atoms with E-state index in [9.17, 15) is 0 Å². The van der Waals surface area contributed by atoms with Gasteiger partial charge in [0.15, 0.2) is 5.11 Å². The summed E-state index contributed by atoms with van der Waals surface area (Å²) in [5.74, 6) is 1.63. The summed E-state index contributed by atoms with van der Waals surface area (Å²) in [4.78, 5) is 7.63. The smallest absolute Gasteiger partial charge is 0.166 e. The molecular weight excluding hydrogens is 406 g/mol. The summed E-state index contributed by atoms with van der Waals surface area (Å²) in [5.41, 5.74) is 1.41. The van der Waals surface area contributed by atoms with E-state index < -0.39 is 0 Å². The average molecular weight is 446 g/mol. The second-order valence-corrected chi connectivity index (χ2v) is 9.87. The van der Waals surface area contributed by atoms with Crippen molar-refractivity contribution in [1.82, 2.24) is 25.3 Å². The molecule has 4 aliphatic rings. The van der Waals surface area contributed by atoms with Gasteiger partial charge in [0.1, 0.15) is 0 Å². The molecule has 1 aromatic rings. The van der Waals surface area contributed by atoms with E-state index >= 15 is 0 Å². The number of rotatable bonds is 9. The monoisotopic (exact) mass is 445 g/mol. The number of nitrogens with zero attached hydrogens (tertiary/aromatic N) is 3. The highest BCUT2D eigenvalue weighted by Crippen LogP contribution is 2.36. The van der Waals surface area contributed by atoms with Crippen molar-refractivity contribution in [3.8, 4) is 0 Å². The van der Waals surface area contributed by atoms with Crippen molar-refractivity contribution in [1.29, 1.82) is 0 Å². The summed E-state index contributed by atoms with van der Waals surface area (Å²) in [7, 11) is 2.27. The number of hydrogen-bond acceptors (Lipinski definition) is 5. The third-order valence-corrected chi connectivity index (χ3v) is 7.46. The third-order valence-electron chi connectivity index (χ3n) is 7.17. The summed E-state index contributed by atoms with van der Waals surface area (Å²) in [6.45, 7) is 11.4. The molecule has 0 radical (unpaired) electrons. The van der Waals surface area contributed by atoms with Gasteiger partial charge in [0.25, 0.3) is 0 Å². The van der Waals surface area contributed by atoms with Gasteiger partial charge < -0.3 is 20.3 Å². The lowest BCUT2D eigenvalue weighted by atomic mass is 9.75. The highest BCUT2D eigenvalue weighted by molar-refractivity contribution is 7.80. The summed E-state index contributed by atoms with van der Waals surface area (Å²) >= 11 is 5.53. The molecule has 0 aromatic heterocycles. The number of morpholine rings is 1. The molecular formula is C24H39N5OS. The maximum Gasteiger partial charge on any atom is 0.166 e. The Kier molecular flexibility index (Phi) is 8.55. The van der Waals surface area contributed by atoms with Crippen molar-refractivity contribution < 1.29 is 4.74 Å². The number of benzene rings is 1. The Labute approximate surface area is 193 Å². The van der Waals surface area contributed by atoms with Gasteiger partial charge in [-0.1, -0.05) is 30.3 Å². The Morgan fingerprint density at radius 3 is 2.71 bits per heavy atom. The number of ether oxygens (including phenoxy) is 1. The lowest BCUT2D eigenvalue weighted by Crippen LogP contribution is -2.58. The van der Waals surface area contributed by atoms with Gasteiger partial charge in [-0.2, -0.15) is 0 Å². The van der Waals surface area contributed by atoms with Crippen LogP contribution < -0.4 is 10.6 Å². The van der Waals surface area contributed by atoms with Crippen molar-refractivity contribution in [3.05, 3.63) is 35.9 Å². The number of piperidine rings is 3. The highest BCUT2D eigenvalue weighted by Gasteiger charge is 2.40. The van der Waals surface area contributed by atoms with E-state index in [0.29, 0.717) is 6.04 Å². The lowest BCUT2D eigenvalue weighted by Gasteiger charge is -2.50. The molecule has 6 nitrogen and oxygen atoms in total. The molecule has 1 aromatic carbocycles. The fourth-order valence-electron chi connectivity index (χ4n) is 5.45. The molecule has 4 fully saturated rings. The fourth-order valence-corrected chi connectivity index (χ4v) is 5.64. The average Bonchev–Trinajstić information content (AvgIpc) is 2.80. The van der Waals surface area contributed by atoms with Crippen LogP contribution in [0, 0.1) is 11.8 Å². The van der Waals surface area contributed by atoms with E-state index in [-0.39, 0.29) is 0 Å². The minimum absolute atomic E-state index is 0.619. The van der Waals surface area contributed by atoms with Crippen LogP contribution in [0.15, 0.2) is 30.3 Å². The van der Waals surface area contributed by atoms with Crippen LogP contribution >= 0.6 is 12.2 Å². The molecule has 172 valence electrons.